The van der Waals surface area contributed by atoms with E-state index < -0.39 is 0 Å². The molecule has 2 rings (SSSR count). The van der Waals surface area contributed by atoms with Crippen molar-refractivity contribution in [3.8, 4) is 0 Å². The molecule has 0 unspecified atom stereocenters. The largest absolute Gasteiger partial charge is 0.292 e. The number of rotatable bonds is 0. The van der Waals surface area contributed by atoms with Crippen LogP contribution >= 0.6 is 0 Å². The number of fused-ring (bicyclic) bond motifs is 1. The van der Waals surface area contributed by atoms with Gasteiger partial charge in [0.1, 0.15) is 0 Å². The van der Waals surface area contributed by atoms with Crippen LogP contribution in [0.2, 0.25) is 0 Å². The van der Waals surface area contributed by atoms with Gasteiger partial charge < -0.3 is 0 Å². The topological polar surface area (TPSA) is 12.4 Å². The van der Waals surface area contributed by atoms with Crippen molar-refractivity contribution in [2.45, 2.75) is 19.3 Å². The lowest BCUT2D eigenvalue weighted by Gasteiger charge is -2.15. The summed E-state index contributed by atoms with van der Waals surface area (Å²) in [6.45, 7) is 0.989. The third-order valence-electron chi connectivity index (χ3n) is 2.03. The molecule has 0 spiro atoms. The van der Waals surface area contributed by atoms with E-state index in [0.29, 0.717) is 0 Å². The zero-order valence-corrected chi connectivity index (χ0v) is 6.01. The molecule has 0 bridgehead atoms. The van der Waals surface area contributed by atoms with Crippen molar-refractivity contribution in [3.63, 3.8) is 0 Å². The molecule has 0 aromatic carbocycles. The third-order valence-corrected chi connectivity index (χ3v) is 2.03. The van der Waals surface area contributed by atoms with Crippen LogP contribution in [0.5, 0.6) is 0 Å². The molecule has 1 nitrogen and oxygen atoms in total. The summed E-state index contributed by atoms with van der Waals surface area (Å²) in [6.07, 6.45) is 10.2. The Bertz CT molecular complexity index is 221. The van der Waals surface area contributed by atoms with Crippen LogP contribution in [0.3, 0.4) is 0 Å². The van der Waals surface area contributed by atoms with E-state index in [9.17, 15) is 0 Å². The van der Waals surface area contributed by atoms with E-state index in [1.165, 1.54) is 24.0 Å². The van der Waals surface area contributed by atoms with Crippen LogP contribution < -0.4 is 0 Å². The summed E-state index contributed by atoms with van der Waals surface area (Å²) in [7, 11) is 0. The summed E-state index contributed by atoms with van der Waals surface area (Å²) in [6, 6.07) is 0. The summed E-state index contributed by atoms with van der Waals surface area (Å²) in [5.74, 6) is 0. The maximum Gasteiger partial charge on any atom is 0.0430 e. The highest BCUT2D eigenvalue weighted by atomic mass is 14.7. The fourth-order valence-corrected chi connectivity index (χ4v) is 1.48. The minimum Gasteiger partial charge on any atom is -0.292 e. The Labute approximate surface area is 61.2 Å². The molecule has 2 aliphatic rings. The SMILES string of the molecule is C1=NCCC2=CCCC=C12. The number of nitrogens with zero attached hydrogens (tertiary/aromatic N) is 1. The fraction of sp³-hybridized carbons (Fsp3) is 0.444. The van der Waals surface area contributed by atoms with Crippen molar-refractivity contribution in [2.75, 3.05) is 6.54 Å². The molecule has 0 saturated carbocycles. The first kappa shape index (κ1) is 5.90. The van der Waals surface area contributed by atoms with Crippen LogP contribution in [-0.4, -0.2) is 12.8 Å². The molecule has 1 heteroatoms. The van der Waals surface area contributed by atoms with Crippen molar-refractivity contribution in [3.05, 3.63) is 23.3 Å². The molecule has 1 heterocycles. The monoisotopic (exact) mass is 133 g/mol. The molecule has 0 fully saturated rings. The van der Waals surface area contributed by atoms with Crippen molar-refractivity contribution in [2.24, 2.45) is 4.99 Å². The van der Waals surface area contributed by atoms with Crippen molar-refractivity contribution in [1.82, 2.24) is 0 Å². The predicted octanol–water partition coefficient (Wildman–Crippen LogP) is 2.11. The molecule has 0 aromatic rings. The lowest BCUT2D eigenvalue weighted by molar-refractivity contribution is 0.901. The molecule has 0 radical (unpaired) electrons. The molecule has 10 heavy (non-hydrogen) atoms. The molecule has 0 N–H and O–H groups in total. The molecule has 0 saturated heterocycles. The van der Waals surface area contributed by atoms with Gasteiger partial charge in [-0.3, -0.25) is 4.99 Å². The Balaban J connectivity index is 2.33. The van der Waals surface area contributed by atoms with E-state index in [2.05, 4.69) is 17.1 Å². The molecule has 52 valence electrons. The standard InChI is InChI=1S/C9H11N/c1-2-4-9-7-10-6-5-8(9)3-1/h3-4,7H,1-2,5-6H2. The van der Waals surface area contributed by atoms with Crippen LogP contribution in [0, 0.1) is 0 Å². The molecule has 0 atom stereocenters. The minimum absolute atomic E-state index is 0.989. The van der Waals surface area contributed by atoms with E-state index >= 15 is 0 Å². The second kappa shape index (κ2) is 2.41. The smallest absolute Gasteiger partial charge is 0.0430 e. The zero-order chi connectivity index (χ0) is 6.81. The summed E-state index contributed by atoms with van der Waals surface area (Å²) in [5, 5.41) is 0. The lowest BCUT2D eigenvalue weighted by Crippen LogP contribution is -2.03. The molecular weight excluding hydrogens is 122 g/mol. The summed E-state index contributed by atoms with van der Waals surface area (Å²) in [4.78, 5) is 4.23. The third kappa shape index (κ3) is 0.919. The van der Waals surface area contributed by atoms with Gasteiger partial charge in [0.05, 0.1) is 0 Å². The Morgan fingerprint density at radius 1 is 1.20 bits per heavy atom. The van der Waals surface area contributed by atoms with Gasteiger partial charge in [-0.25, -0.2) is 0 Å². The Morgan fingerprint density at radius 2 is 2.10 bits per heavy atom. The van der Waals surface area contributed by atoms with Crippen LogP contribution in [0.25, 0.3) is 0 Å². The predicted molar refractivity (Wildman–Crippen MR) is 43.4 cm³/mol. The van der Waals surface area contributed by atoms with Crippen LogP contribution in [0.15, 0.2) is 28.3 Å². The first-order valence-corrected chi connectivity index (χ1v) is 3.86. The molecule has 1 aliphatic heterocycles. The van der Waals surface area contributed by atoms with Gasteiger partial charge in [-0.05, 0) is 30.4 Å². The Kier molecular flexibility index (Phi) is 1.42. The highest BCUT2D eigenvalue weighted by Crippen LogP contribution is 2.22. The van der Waals surface area contributed by atoms with E-state index in [-0.39, 0.29) is 0 Å². The van der Waals surface area contributed by atoms with Gasteiger partial charge >= 0.3 is 0 Å². The van der Waals surface area contributed by atoms with Gasteiger partial charge in [-0.1, -0.05) is 12.2 Å². The van der Waals surface area contributed by atoms with Crippen LogP contribution in [0.1, 0.15) is 19.3 Å². The van der Waals surface area contributed by atoms with Crippen molar-refractivity contribution >= 4 is 6.21 Å². The van der Waals surface area contributed by atoms with E-state index in [4.69, 9.17) is 0 Å². The van der Waals surface area contributed by atoms with Gasteiger partial charge in [0.15, 0.2) is 0 Å². The van der Waals surface area contributed by atoms with Gasteiger partial charge in [-0.2, -0.15) is 0 Å². The van der Waals surface area contributed by atoms with Crippen LogP contribution in [-0.2, 0) is 0 Å². The molecule has 1 aliphatic carbocycles. The van der Waals surface area contributed by atoms with Crippen LogP contribution in [0.4, 0.5) is 0 Å². The second-order valence-corrected chi connectivity index (χ2v) is 2.75. The summed E-state index contributed by atoms with van der Waals surface area (Å²) < 4.78 is 0. The normalized spacial score (nSPS) is 23.2. The average Bonchev–Trinajstić information content (AvgIpc) is 2.05. The first-order valence-electron chi connectivity index (χ1n) is 3.86. The van der Waals surface area contributed by atoms with E-state index in [1.807, 2.05) is 6.21 Å². The molecule has 0 aromatic heterocycles. The van der Waals surface area contributed by atoms with E-state index in [1.54, 1.807) is 0 Å². The minimum atomic E-state index is 0.989. The quantitative estimate of drug-likeness (QED) is 0.480. The maximum atomic E-state index is 4.23. The zero-order valence-electron chi connectivity index (χ0n) is 6.01. The van der Waals surface area contributed by atoms with Gasteiger partial charge in [0.2, 0.25) is 0 Å². The van der Waals surface area contributed by atoms with Crippen molar-refractivity contribution < 1.29 is 0 Å². The number of aliphatic imine (C=N–C) groups is 1. The van der Waals surface area contributed by atoms with Gasteiger partial charge in [0, 0.05) is 12.8 Å². The van der Waals surface area contributed by atoms with Crippen molar-refractivity contribution in [1.29, 1.82) is 0 Å². The summed E-state index contributed by atoms with van der Waals surface area (Å²) >= 11 is 0. The van der Waals surface area contributed by atoms with Gasteiger partial charge in [-0.15, -0.1) is 0 Å². The lowest BCUT2D eigenvalue weighted by atomic mass is 9.94. The second-order valence-electron chi connectivity index (χ2n) is 2.75. The maximum absolute atomic E-state index is 4.23. The van der Waals surface area contributed by atoms with Gasteiger partial charge in [0.25, 0.3) is 0 Å². The highest BCUT2D eigenvalue weighted by Gasteiger charge is 2.08. The Hall–Kier alpha value is -0.850. The molecular formula is C9H11N. The summed E-state index contributed by atoms with van der Waals surface area (Å²) in [5.41, 5.74) is 2.89. The number of allylic oxidation sites excluding steroid dienone is 3. The number of hydrogen-bond donors (Lipinski definition) is 0. The van der Waals surface area contributed by atoms with E-state index in [0.717, 1.165) is 13.0 Å². The number of hydrogen-bond acceptors (Lipinski definition) is 1. The first-order chi connectivity index (χ1) is 4.97. The highest BCUT2D eigenvalue weighted by molar-refractivity contribution is 5.86. The fourth-order valence-electron chi connectivity index (χ4n) is 1.48. The Morgan fingerprint density at radius 3 is 3.00 bits per heavy atom. The average molecular weight is 133 g/mol. The molecule has 0 amide bonds.